The SMILES string of the molecule is CNc1cc(C(F)(F)F)c2nc1-c1nnc(o1)C(O)(C(F)(F)F)CCCCCCC2(O)C(F)(F)F. The highest BCUT2D eigenvalue weighted by Gasteiger charge is 2.60. The molecule has 3 rings (SSSR count). The zero-order chi connectivity index (χ0) is 26.4. The predicted octanol–water partition coefficient (Wildman–Crippen LogP) is 5.05. The molecule has 16 heteroatoms. The van der Waals surface area contributed by atoms with E-state index in [1.807, 2.05) is 0 Å². The molecule has 2 aromatic rings. The van der Waals surface area contributed by atoms with Crippen molar-refractivity contribution < 1.29 is 54.1 Å². The van der Waals surface area contributed by atoms with Crippen molar-refractivity contribution >= 4 is 5.69 Å². The third-order valence-electron chi connectivity index (χ3n) is 5.74. The van der Waals surface area contributed by atoms with Crippen LogP contribution in [-0.2, 0) is 17.4 Å². The van der Waals surface area contributed by atoms with Crippen LogP contribution in [0.15, 0.2) is 10.5 Å². The van der Waals surface area contributed by atoms with Crippen LogP contribution in [0.3, 0.4) is 0 Å². The zero-order valence-electron chi connectivity index (χ0n) is 17.9. The lowest BCUT2D eigenvalue weighted by molar-refractivity contribution is -0.277. The van der Waals surface area contributed by atoms with Gasteiger partial charge in [0.25, 0.3) is 11.8 Å². The molecule has 1 aliphatic rings. The molecule has 0 fully saturated rings. The van der Waals surface area contributed by atoms with E-state index in [2.05, 4.69) is 20.5 Å². The number of anilines is 1. The summed E-state index contributed by atoms with van der Waals surface area (Å²) in [5, 5.41) is 29.5. The van der Waals surface area contributed by atoms with Crippen LogP contribution < -0.4 is 5.32 Å². The lowest BCUT2D eigenvalue weighted by Gasteiger charge is -2.33. The molecule has 1 aliphatic heterocycles. The van der Waals surface area contributed by atoms with Gasteiger partial charge in [0.15, 0.2) is 5.69 Å². The van der Waals surface area contributed by atoms with Gasteiger partial charge in [-0.15, -0.1) is 10.2 Å². The van der Waals surface area contributed by atoms with E-state index in [1.54, 1.807) is 0 Å². The molecule has 2 unspecified atom stereocenters. The fourth-order valence-electron chi connectivity index (χ4n) is 3.76. The normalized spacial score (nSPS) is 24.7. The van der Waals surface area contributed by atoms with Gasteiger partial charge in [-0.1, -0.05) is 12.8 Å². The molecule has 0 aliphatic carbocycles. The molecule has 0 saturated heterocycles. The average Bonchev–Trinajstić information content (AvgIpc) is 3.22. The molecule has 3 N–H and O–H groups in total. The van der Waals surface area contributed by atoms with E-state index in [-0.39, 0.29) is 25.3 Å². The molecular formula is C19H19F9N4O3. The van der Waals surface area contributed by atoms with Crippen LogP contribution in [0.4, 0.5) is 45.2 Å². The van der Waals surface area contributed by atoms with E-state index < -0.39 is 83.4 Å². The van der Waals surface area contributed by atoms with Gasteiger partial charge in [0, 0.05) is 7.05 Å². The van der Waals surface area contributed by atoms with Crippen molar-refractivity contribution in [3.05, 3.63) is 23.2 Å². The monoisotopic (exact) mass is 522 g/mol. The Labute approximate surface area is 191 Å². The molecule has 0 aromatic carbocycles. The van der Waals surface area contributed by atoms with Gasteiger partial charge in [-0.25, -0.2) is 4.98 Å². The summed E-state index contributed by atoms with van der Waals surface area (Å²) in [6.07, 6.45) is -19.7. The molecule has 0 amide bonds. The van der Waals surface area contributed by atoms with E-state index >= 15 is 0 Å². The summed E-state index contributed by atoms with van der Waals surface area (Å²) in [7, 11) is 1.07. The summed E-state index contributed by atoms with van der Waals surface area (Å²) in [5.41, 5.74) is -12.9. The molecule has 3 heterocycles. The first-order chi connectivity index (χ1) is 16.0. The first-order valence-corrected chi connectivity index (χ1v) is 10.2. The number of fused-ring (bicyclic) bond motifs is 5. The van der Waals surface area contributed by atoms with E-state index in [9.17, 15) is 49.7 Å². The van der Waals surface area contributed by atoms with Crippen molar-refractivity contribution in [3.8, 4) is 11.6 Å². The number of pyridine rings is 1. The minimum Gasteiger partial charge on any atom is -0.416 e. The Hall–Kier alpha value is -2.62. The molecule has 196 valence electrons. The van der Waals surface area contributed by atoms with Crippen LogP contribution >= 0.6 is 0 Å². The van der Waals surface area contributed by atoms with Gasteiger partial charge in [0.1, 0.15) is 0 Å². The highest BCUT2D eigenvalue weighted by atomic mass is 19.4. The van der Waals surface area contributed by atoms with Crippen LogP contribution in [-0.4, -0.2) is 44.8 Å². The van der Waals surface area contributed by atoms with Gasteiger partial charge >= 0.3 is 18.5 Å². The molecule has 0 radical (unpaired) electrons. The van der Waals surface area contributed by atoms with Crippen molar-refractivity contribution in [2.24, 2.45) is 0 Å². The molecule has 0 saturated carbocycles. The summed E-state index contributed by atoms with van der Waals surface area (Å²) in [6, 6.07) is 0.208. The Bertz CT molecular complexity index is 1070. The van der Waals surface area contributed by atoms with Crippen molar-refractivity contribution in [3.63, 3.8) is 0 Å². The number of nitrogens with zero attached hydrogens (tertiary/aromatic N) is 3. The van der Waals surface area contributed by atoms with Gasteiger partial charge in [0.2, 0.25) is 11.2 Å². The minimum absolute atomic E-state index is 0.142. The van der Waals surface area contributed by atoms with E-state index in [0.29, 0.717) is 0 Å². The first kappa shape index (κ1) is 27.0. The van der Waals surface area contributed by atoms with Crippen LogP contribution in [0.1, 0.15) is 55.7 Å². The number of aliphatic hydroxyl groups is 2. The molecule has 2 aromatic heterocycles. The Kier molecular flexibility index (Phi) is 6.78. The number of alkyl halides is 9. The predicted molar refractivity (Wildman–Crippen MR) is 99.7 cm³/mol. The highest BCUT2D eigenvalue weighted by Crippen LogP contribution is 2.49. The van der Waals surface area contributed by atoms with E-state index in [1.165, 1.54) is 0 Å². The third kappa shape index (κ3) is 4.77. The molecule has 35 heavy (non-hydrogen) atoms. The van der Waals surface area contributed by atoms with Crippen LogP contribution in [0.2, 0.25) is 0 Å². The smallest absolute Gasteiger partial charge is 0.416 e. The summed E-state index contributed by atoms with van der Waals surface area (Å²) < 4.78 is 129. The van der Waals surface area contributed by atoms with Gasteiger partial charge in [-0.3, -0.25) is 0 Å². The summed E-state index contributed by atoms with van der Waals surface area (Å²) in [4.78, 5) is 3.36. The molecular weight excluding hydrogens is 503 g/mol. The van der Waals surface area contributed by atoms with Gasteiger partial charge in [-0.05, 0) is 31.7 Å². The average molecular weight is 522 g/mol. The summed E-state index contributed by atoms with van der Waals surface area (Å²) in [5.74, 6) is -2.35. The lowest BCUT2D eigenvalue weighted by Crippen LogP contribution is -2.44. The quantitative estimate of drug-likeness (QED) is 0.451. The van der Waals surface area contributed by atoms with E-state index in [4.69, 9.17) is 4.42 Å². The first-order valence-electron chi connectivity index (χ1n) is 10.2. The van der Waals surface area contributed by atoms with Crippen molar-refractivity contribution in [2.75, 3.05) is 12.4 Å². The van der Waals surface area contributed by atoms with Gasteiger partial charge < -0.3 is 19.9 Å². The Morgan fingerprint density at radius 1 is 0.857 bits per heavy atom. The maximum Gasteiger partial charge on any atom is 0.426 e. The van der Waals surface area contributed by atoms with Crippen molar-refractivity contribution in [2.45, 2.75) is 68.3 Å². The highest BCUT2D eigenvalue weighted by molar-refractivity contribution is 5.70. The number of halogens is 9. The Morgan fingerprint density at radius 3 is 1.89 bits per heavy atom. The second kappa shape index (κ2) is 8.80. The fourth-order valence-corrected chi connectivity index (χ4v) is 3.76. The van der Waals surface area contributed by atoms with Crippen LogP contribution in [0.5, 0.6) is 0 Å². The fraction of sp³-hybridized carbons (Fsp3) is 0.632. The standard InChI is InChI=1S/C19H19F9N4O3/c1-29-10-8-9(17(20,21)22)12-15(33,18(23,24)25)6-4-2-3-5-7-16(34,19(26,27)28)14-32-31-13(35-14)11(10)30-12/h8,29,33-34H,2-7H2,1H3. The third-order valence-corrected chi connectivity index (χ3v) is 5.74. The second-order valence-corrected chi connectivity index (χ2v) is 8.07. The topological polar surface area (TPSA) is 104 Å². The van der Waals surface area contributed by atoms with Crippen molar-refractivity contribution in [1.82, 2.24) is 15.2 Å². The summed E-state index contributed by atoms with van der Waals surface area (Å²) >= 11 is 0. The maximum absolute atomic E-state index is 13.9. The number of aromatic nitrogens is 3. The number of nitrogens with one attached hydrogen (secondary N) is 1. The zero-order valence-corrected chi connectivity index (χ0v) is 17.9. The molecule has 0 spiro atoms. The van der Waals surface area contributed by atoms with Crippen LogP contribution in [0, 0.1) is 0 Å². The maximum atomic E-state index is 13.9. The molecule has 7 nitrogen and oxygen atoms in total. The Balaban J connectivity index is 2.36. The minimum atomic E-state index is -5.59. The number of rotatable bonds is 1. The molecule has 2 atom stereocenters. The number of hydrogen-bond donors (Lipinski definition) is 3. The van der Waals surface area contributed by atoms with Crippen LogP contribution in [0.25, 0.3) is 11.6 Å². The largest absolute Gasteiger partial charge is 0.426 e. The second-order valence-electron chi connectivity index (χ2n) is 8.07. The van der Waals surface area contributed by atoms with Gasteiger partial charge in [0.05, 0.1) is 16.9 Å². The van der Waals surface area contributed by atoms with Gasteiger partial charge in [-0.2, -0.15) is 39.5 Å². The Morgan fingerprint density at radius 2 is 1.40 bits per heavy atom. The summed E-state index contributed by atoms with van der Waals surface area (Å²) in [6.45, 7) is 0. The number of hydrogen-bond acceptors (Lipinski definition) is 7. The molecule has 4 bridgehead atoms. The van der Waals surface area contributed by atoms with Crippen molar-refractivity contribution in [1.29, 1.82) is 0 Å². The van der Waals surface area contributed by atoms with E-state index in [0.717, 1.165) is 7.05 Å². The lowest BCUT2D eigenvalue weighted by atomic mass is 9.87.